The molecule has 0 atom stereocenters. The number of phenolic OH excluding ortho intramolecular Hbond substituents is 1. The number of hydrogen-bond donors (Lipinski definition) is 2. The van der Waals surface area contributed by atoms with E-state index in [0.717, 1.165) is 24.1 Å². The summed E-state index contributed by atoms with van der Waals surface area (Å²) >= 11 is 0. The first-order valence-corrected chi connectivity index (χ1v) is 4.85. The van der Waals surface area contributed by atoms with Gasteiger partial charge < -0.3 is 10.4 Å². The van der Waals surface area contributed by atoms with Gasteiger partial charge in [-0.1, -0.05) is 23.8 Å². The van der Waals surface area contributed by atoms with E-state index in [-0.39, 0.29) is 0 Å². The van der Waals surface area contributed by atoms with Gasteiger partial charge in [0.1, 0.15) is 5.75 Å². The highest BCUT2D eigenvalue weighted by molar-refractivity contribution is 5.57. The standard InChI is InChI=1S/C12H17NO/c1-10-6-7-12(14)11(9-10)5-3-4-8-13-2/h3,5-7,9,13-14H,4,8H2,1-2H3. The number of aryl methyl sites for hydroxylation is 1. The molecule has 2 heteroatoms. The molecule has 0 aliphatic rings. The minimum absolute atomic E-state index is 0.344. The van der Waals surface area contributed by atoms with Gasteiger partial charge in [0, 0.05) is 5.56 Å². The predicted molar refractivity (Wildman–Crippen MR) is 60.4 cm³/mol. The predicted octanol–water partition coefficient (Wildman–Crippen LogP) is 2.32. The molecule has 0 heterocycles. The van der Waals surface area contributed by atoms with Crippen LogP contribution in [-0.2, 0) is 0 Å². The maximum absolute atomic E-state index is 9.52. The fourth-order valence-electron chi connectivity index (χ4n) is 1.25. The van der Waals surface area contributed by atoms with Gasteiger partial charge in [-0.15, -0.1) is 0 Å². The van der Waals surface area contributed by atoms with Crippen molar-refractivity contribution in [3.8, 4) is 5.75 Å². The highest BCUT2D eigenvalue weighted by atomic mass is 16.3. The molecule has 0 spiro atoms. The van der Waals surface area contributed by atoms with Crippen LogP contribution in [0.2, 0.25) is 0 Å². The van der Waals surface area contributed by atoms with Crippen molar-refractivity contribution in [1.82, 2.24) is 5.32 Å². The monoisotopic (exact) mass is 191 g/mol. The molecule has 0 saturated carbocycles. The van der Waals surface area contributed by atoms with Crippen molar-refractivity contribution < 1.29 is 5.11 Å². The summed E-state index contributed by atoms with van der Waals surface area (Å²) in [4.78, 5) is 0. The van der Waals surface area contributed by atoms with E-state index in [0.29, 0.717) is 5.75 Å². The van der Waals surface area contributed by atoms with Crippen molar-refractivity contribution in [3.05, 3.63) is 35.4 Å². The molecule has 1 rings (SSSR count). The number of benzene rings is 1. The summed E-state index contributed by atoms with van der Waals surface area (Å²) in [6.45, 7) is 2.98. The Labute approximate surface area is 85.3 Å². The lowest BCUT2D eigenvalue weighted by molar-refractivity contribution is 0.474. The van der Waals surface area contributed by atoms with Gasteiger partial charge in [0.25, 0.3) is 0 Å². The molecule has 2 N–H and O–H groups in total. The van der Waals surface area contributed by atoms with Crippen molar-refractivity contribution in [2.24, 2.45) is 0 Å². The Morgan fingerprint density at radius 3 is 2.93 bits per heavy atom. The van der Waals surface area contributed by atoms with Crippen LogP contribution in [0, 0.1) is 6.92 Å². The van der Waals surface area contributed by atoms with Gasteiger partial charge >= 0.3 is 0 Å². The minimum Gasteiger partial charge on any atom is -0.507 e. The zero-order valence-corrected chi connectivity index (χ0v) is 8.75. The Hall–Kier alpha value is -1.28. The number of rotatable bonds is 4. The lowest BCUT2D eigenvalue weighted by Crippen LogP contribution is -2.05. The molecule has 0 bridgehead atoms. The highest BCUT2D eigenvalue weighted by Crippen LogP contribution is 2.19. The van der Waals surface area contributed by atoms with Crippen LogP contribution >= 0.6 is 0 Å². The average Bonchev–Trinajstić information content (AvgIpc) is 2.18. The van der Waals surface area contributed by atoms with Crippen LogP contribution in [0.25, 0.3) is 6.08 Å². The lowest BCUT2D eigenvalue weighted by Gasteiger charge is -2.00. The van der Waals surface area contributed by atoms with E-state index >= 15 is 0 Å². The zero-order chi connectivity index (χ0) is 10.4. The number of hydrogen-bond acceptors (Lipinski definition) is 2. The lowest BCUT2D eigenvalue weighted by atomic mass is 10.1. The molecule has 1 aromatic rings. The number of phenols is 1. The molecule has 0 fully saturated rings. The molecule has 0 amide bonds. The molecule has 0 radical (unpaired) electrons. The second kappa shape index (κ2) is 5.45. The highest BCUT2D eigenvalue weighted by Gasteiger charge is 1.95. The van der Waals surface area contributed by atoms with Crippen LogP contribution in [0.15, 0.2) is 24.3 Å². The topological polar surface area (TPSA) is 32.3 Å². The van der Waals surface area contributed by atoms with Gasteiger partial charge in [0.05, 0.1) is 0 Å². The maximum atomic E-state index is 9.52. The van der Waals surface area contributed by atoms with E-state index in [1.807, 2.05) is 32.2 Å². The van der Waals surface area contributed by atoms with Crippen LogP contribution in [-0.4, -0.2) is 18.7 Å². The van der Waals surface area contributed by atoms with Crippen LogP contribution in [0.3, 0.4) is 0 Å². The van der Waals surface area contributed by atoms with Gasteiger partial charge in [0.15, 0.2) is 0 Å². The minimum atomic E-state index is 0.344. The number of aromatic hydroxyl groups is 1. The fourth-order valence-corrected chi connectivity index (χ4v) is 1.25. The summed E-state index contributed by atoms with van der Waals surface area (Å²) in [7, 11) is 1.93. The normalized spacial score (nSPS) is 11.0. The SMILES string of the molecule is CNCCC=Cc1cc(C)ccc1O. The molecule has 14 heavy (non-hydrogen) atoms. The average molecular weight is 191 g/mol. The Morgan fingerprint density at radius 2 is 2.21 bits per heavy atom. The van der Waals surface area contributed by atoms with E-state index < -0.39 is 0 Å². The van der Waals surface area contributed by atoms with E-state index in [4.69, 9.17) is 0 Å². The molecular formula is C12H17NO. The Kier molecular flexibility index (Phi) is 4.20. The van der Waals surface area contributed by atoms with E-state index in [2.05, 4.69) is 11.4 Å². The van der Waals surface area contributed by atoms with Crippen molar-refractivity contribution in [2.75, 3.05) is 13.6 Å². The first kappa shape index (κ1) is 10.8. The summed E-state index contributed by atoms with van der Waals surface area (Å²) in [6.07, 6.45) is 4.99. The molecule has 1 aromatic carbocycles. The maximum Gasteiger partial charge on any atom is 0.122 e. The van der Waals surface area contributed by atoms with Crippen LogP contribution in [0.1, 0.15) is 17.5 Å². The second-order valence-corrected chi connectivity index (χ2v) is 3.36. The fraction of sp³-hybridized carbons (Fsp3) is 0.333. The van der Waals surface area contributed by atoms with Crippen molar-refractivity contribution in [2.45, 2.75) is 13.3 Å². The Bertz CT molecular complexity index is 318. The van der Waals surface area contributed by atoms with Gasteiger partial charge in [-0.05, 0) is 39.1 Å². The third-order valence-electron chi connectivity index (χ3n) is 2.04. The van der Waals surface area contributed by atoms with Gasteiger partial charge in [-0.3, -0.25) is 0 Å². The third-order valence-corrected chi connectivity index (χ3v) is 2.04. The zero-order valence-electron chi connectivity index (χ0n) is 8.75. The van der Waals surface area contributed by atoms with E-state index in [1.165, 1.54) is 0 Å². The largest absolute Gasteiger partial charge is 0.507 e. The molecular weight excluding hydrogens is 174 g/mol. The van der Waals surface area contributed by atoms with Gasteiger partial charge in [-0.2, -0.15) is 0 Å². The molecule has 0 unspecified atom stereocenters. The summed E-state index contributed by atoms with van der Waals surface area (Å²) < 4.78 is 0. The Morgan fingerprint density at radius 1 is 1.43 bits per heavy atom. The van der Waals surface area contributed by atoms with Crippen LogP contribution in [0.4, 0.5) is 0 Å². The molecule has 0 saturated heterocycles. The first-order valence-electron chi connectivity index (χ1n) is 4.85. The summed E-state index contributed by atoms with van der Waals surface area (Å²) in [6, 6.07) is 5.61. The second-order valence-electron chi connectivity index (χ2n) is 3.36. The van der Waals surface area contributed by atoms with E-state index in [1.54, 1.807) is 6.07 Å². The van der Waals surface area contributed by atoms with Crippen molar-refractivity contribution in [1.29, 1.82) is 0 Å². The molecule has 76 valence electrons. The van der Waals surface area contributed by atoms with Gasteiger partial charge in [-0.25, -0.2) is 0 Å². The van der Waals surface area contributed by atoms with Crippen molar-refractivity contribution in [3.63, 3.8) is 0 Å². The number of nitrogens with one attached hydrogen (secondary N) is 1. The molecule has 0 aliphatic carbocycles. The Balaban J connectivity index is 2.65. The quantitative estimate of drug-likeness (QED) is 0.716. The van der Waals surface area contributed by atoms with Gasteiger partial charge in [0.2, 0.25) is 0 Å². The molecule has 0 aromatic heterocycles. The smallest absolute Gasteiger partial charge is 0.122 e. The summed E-state index contributed by atoms with van der Waals surface area (Å²) in [5, 5.41) is 12.6. The first-order chi connectivity index (χ1) is 6.74. The van der Waals surface area contributed by atoms with Crippen LogP contribution < -0.4 is 5.32 Å². The molecule has 2 nitrogen and oxygen atoms in total. The third kappa shape index (κ3) is 3.23. The van der Waals surface area contributed by atoms with E-state index in [9.17, 15) is 5.11 Å². The molecule has 0 aliphatic heterocycles. The van der Waals surface area contributed by atoms with Crippen molar-refractivity contribution >= 4 is 6.08 Å². The van der Waals surface area contributed by atoms with Crippen LogP contribution in [0.5, 0.6) is 5.75 Å². The summed E-state index contributed by atoms with van der Waals surface area (Å²) in [5.41, 5.74) is 2.05. The summed E-state index contributed by atoms with van der Waals surface area (Å²) in [5.74, 6) is 0.344.